The van der Waals surface area contributed by atoms with Crippen molar-refractivity contribution in [3.05, 3.63) is 29.3 Å². The van der Waals surface area contributed by atoms with Gasteiger partial charge in [-0.05, 0) is 64.0 Å². The highest BCUT2D eigenvalue weighted by molar-refractivity contribution is 5.86. The third kappa shape index (κ3) is 6.45. The lowest BCUT2D eigenvalue weighted by molar-refractivity contribution is -0.120. The van der Waals surface area contributed by atoms with E-state index in [9.17, 15) is 4.79 Å². The van der Waals surface area contributed by atoms with Crippen LogP contribution in [0.2, 0.25) is 0 Å². The molecule has 2 saturated carbocycles. The maximum Gasteiger partial charge on any atom is 0.239 e. The van der Waals surface area contributed by atoms with E-state index >= 15 is 0 Å². The predicted molar refractivity (Wildman–Crippen MR) is 108 cm³/mol. The third-order valence-electron chi connectivity index (χ3n) is 4.93. The summed E-state index contributed by atoms with van der Waals surface area (Å²) < 4.78 is 6.25. The number of guanidine groups is 1. The summed E-state index contributed by atoms with van der Waals surface area (Å²) in [5.41, 5.74) is 2.27. The third-order valence-corrected chi connectivity index (χ3v) is 4.93. The van der Waals surface area contributed by atoms with Crippen molar-refractivity contribution < 1.29 is 9.53 Å². The molecular formula is C21H32N4O2. The van der Waals surface area contributed by atoms with Crippen LogP contribution in [0.4, 0.5) is 0 Å². The fourth-order valence-electron chi connectivity index (χ4n) is 3.26. The number of ether oxygens (including phenoxy) is 1. The number of rotatable bonds is 8. The molecule has 6 heteroatoms. The minimum atomic E-state index is 0.0173. The Bertz CT molecular complexity index is 664. The summed E-state index contributed by atoms with van der Waals surface area (Å²) in [6, 6.07) is 6.66. The van der Waals surface area contributed by atoms with E-state index in [1.54, 1.807) is 0 Å². The lowest BCUT2D eigenvalue weighted by Crippen LogP contribution is -2.43. The van der Waals surface area contributed by atoms with Crippen LogP contribution < -0.4 is 20.7 Å². The number of aryl methyl sites for hydroxylation is 1. The molecule has 3 N–H and O–H groups in total. The molecule has 2 fully saturated rings. The van der Waals surface area contributed by atoms with Crippen molar-refractivity contribution in [2.75, 3.05) is 13.1 Å². The van der Waals surface area contributed by atoms with Gasteiger partial charge in [0.1, 0.15) is 5.75 Å². The van der Waals surface area contributed by atoms with Gasteiger partial charge in [0, 0.05) is 18.2 Å². The zero-order valence-corrected chi connectivity index (χ0v) is 16.5. The number of nitrogens with one attached hydrogen (secondary N) is 3. The molecule has 1 aromatic carbocycles. The summed E-state index contributed by atoms with van der Waals surface area (Å²) >= 11 is 0. The van der Waals surface area contributed by atoms with E-state index < -0.39 is 0 Å². The molecule has 0 unspecified atom stereocenters. The lowest BCUT2D eigenvalue weighted by Gasteiger charge is -2.17. The zero-order chi connectivity index (χ0) is 19.1. The molecule has 27 heavy (non-hydrogen) atoms. The second kappa shape index (κ2) is 9.62. The van der Waals surface area contributed by atoms with Crippen LogP contribution in [0.1, 0.15) is 56.6 Å². The smallest absolute Gasteiger partial charge is 0.239 e. The van der Waals surface area contributed by atoms with E-state index in [0.29, 0.717) is 24.7 Å². The quantitative estimate of drug-likeness (QED) is 0.484. The van der Waals surface area contributed by atoms with Crippen LogP contribution in [0.5, 0.6) is 5.75 Å². The summed E-state index contributed by atoms with van der Waals surface area (Å²) in [6.45, 7) is 5.60. The van der Waals surface area contributed by atoms with Gasteiger partial charge >= 0.3 is 0 Å². The molecule has 1 aromatic rings. The van der Waals surface area contributed by atoms with Crippen LogP contribution in [0.25, 0.3) is 0 Å². The number of carbonyl (C=O) groups excluding carboxylic acids is 1. The van der Waals surface area contributed by atoms with Crippen molar-refractivity contribution in [2.24, 2.45) is 4.99 Å². The highest BCUT2D eigenvalue weighted by Crippen LogP contribution is 2.28. The molecule has 2 aliphatic carbocycles. The Hall–Kier alpha value is -2.24. The normalized spacial score (nSPS) is 17.6. The first-order valence-corrected chi connectivity index (χ1v) is 10.2. The van der Waals surface area contributed by atoms with Gasteiger partial charge < -0.3 is 20.7 Å². The van der Waals surface area contributed by atoms with Gasteiger partial charge in [0.25, 0.3) is 0 Å². The largest absolute Gasteiger partial charge is 0.490 e. The van der Waals surface area contributed by atoms with Crippen molar-refractivity contribution in [1.82, 2.24) is 16.0 Å². The fourth-order valence-corrected chi connectivity index (χ4v) is 3.26. The molecule has 148 valence electrons. The van der Waals surface area contributed by atoms with Crippen LogP contribution in [0.3, 0.4) is 0 Å². The molecule has 2 aliphatic rings. The first kappa shape index (κ1) is 19.5. The van der Waals surface area contributed by atoms with Crippen LogP contribution in [-0.4, -0.2) is 37.1 Å². The van der Waals surface area contributed by atoms with Gasteiger partial charge in [-0.2, -0.15) is 0 Å². The Kier molecular flexibility index (Phi) is 6.96. The lowest BCUT2D eigenvalue weighted by atomic mass is 10.1. The number of nitrogens with zero attached hydrogens (tertiary/aromatic N) is 1. The number of carbonyl (C=O) groups is 1. The molecule has 0 aliphatic heterocycles. The molecule has 0 atom stereocenters. The standard InChI is InChI=1S/C21H32N4O2/c1-3-22-21(24-14-20(26)25-17-10-11-17)23-13-16-9-8-15(2)12-19(16)27-18-6-4-5-7-18/h8-9,12,17-18H,3-7,10-11,13-14H2,1-2H3,(H,25,26)(H2,22,23,24). The molecule has 0 saturated heterocycles. The highest BCUT2D eigenvalue weighted by atomic mass is 16.5. The molecule has 0 bridgehead atoms. The molecular weight excluding hydrogens is 340 g/mol. The molecule has 1 amide bonds. The van der Waals surface area contributed by atoms with E-state index in [-0.39, 0.29) is 12.5 Å². The van der Waals surface area contributed by atoms with E-state index in [0.717, 1.165) is 43.5 Å². The van der Waals surface area contributed by atoms with E-state index in [1.807, 2.05) is 6.92 Å². The first-order valence-electron chi connectivity index (χ1n) is 10.2. The Balaban J connectivity index is 1.60. The van der Waals surface area contributed by atoms with Gasteiger partial charge in [-0.3, -0.25) is 4.79 Å². The van der Waals surface area contributed by atoms with Crippen LogP contribution in [-0.2, 0) is 11.3 Å². The van der Waals surface area contributed by atoms with Crippen LogP contribution >= 0.6 is 0 Å². The van der Waals surface area contributed by atoms with Crippen molar-refractivity contribution >= 4 is 11.9 Å². The fraction of sp³-hybridized carbons (Fsp3) is 0.619. The van der Waals surface area contributed by atoms with Crippen LogP contribution in [0, 0.1) is 6.92 Å². The van der Waals surface area contributed by atoms with Gasteiger partial charge in [-0.15, -0.1) is 0 Å². The van der Waals surface area contributed by atoms with Crippen LogP contribution in [0.15, 0.2) is 23.2 Å². The van der Waals surface area contributed by atoms with Crippen molar-refractivity contribution in [1.29, 1.82) is 0 Å². The molecule has 0 spiro atoms. The Morgan fingerprint density at radius 2 is 1.96 bits per heavy atom. The monoisotopic (exact) mass is 372 g/mol. The minimum absolute atomic E-state index is 0.0173. The van der Waals surface area contributed by atoms with Crippen molar-refractivity contribution in [3.63, 3.8) is 0 Å². The van der Waals surface area contributed by atoms with Gasteiger partial charge in [0.2, 0.25) is 5.91 Å². The topological polar surface area (TPSA) is 74.8 Å². The Morgan fingerprint density at radius 3 is 2.67 bits per heavy atom. The SMILES string of the molecule is CCNC(=NCc1ccc(C)cc1OC1CCCC1)NCC(=O)NC1CC1. The maximum atomic E-state index is 11.9. The number of hydrogen-bond donors (Lipinski definition) is 3. The second-order valence-electron chi connectivity index (χ2n) is 7.53. The summed E-state index contributed by atoms with van der Waals surface area (Å²) in [5.74, 6) is 1.60. The number of aliphatic imine (C=N–C) groups is 1. The van der Waals surface area contributed by atoms with E-state index in [1.165, 1.54) is 18.4 Å². The average molecular weight is 373 g/mol. The average Bonchev–Trinajstić information content (AvgIpc) is 3.31. The summed E-state index contributed by atoms with van der Waals surface area (Å²) in [5, 5.41) is 9.29. The predicted octanol–water partition coefficient (Wildman–Crippen LogP) is 2.65. The number of hydrogen-bond acceptors (Lipinski definition) is 3. The summed E-state index contributed by atoms with van der Waals surface area (Å²) in [6.07, 6.45) is 7.29. The second-order valence-corrected chi connectivity index (χ2v) is 7.53. The summed E-state index contributed by atoms with van der Waals surface area (Å²) in [4.78, 5) is 16.5. The van der Waals surface area contributed by atoms with E-state index in [2.05, 4.69) is 46.1 Å². The molecule has 0 radical (unpaired) electrons. The zero-order valence-electron chi connectivity index (χ0n) is 16.5. The van der Waals surface area contributed by atoms with Gasteiger partial charge in [-0.1, -0.05) is 12.1 Å². The number of amides is 1. The maximum absolute atomic E-state index is 11.9. The van der Waals surface area contributed by atoms with Gasteiger partial charge in [0.05, 0.1) is 19.2 Å². The van der Waals surface area contributed by atoms with E-state index in [4.69, 9.17) is 4.74 Å². The highest BCUT2D eigenvalue weighted by Gasteiger charge is 2.23. The molecule has 6 nitrogen and oxygen atoms in total. The molecule has 3 rings (SSSR count). The van der Waals surface area contributed by atoms with Gasteiger partial charge in [-0.25, -0.2) is 4.99 Å². The molecule has 0 aromatic heterocycles. The summed E-state index contributed by atoms with van der Waals surface area (Å²) in [7, 11) is 0. The van der Waals surface area contributed by atoms with Gasteiger partial charge in [0.15, 0.2) is 5.96 Å². The Labute approximate surface area is 162 Å². The van der Waals surface area contributed by atoms with Crippen molar-refractivity contribution in [3.8, 4) is 5.75 Å². The number of benzene rings is 1. The Morgan fingerprint density at radius 1 is 1.19 bits per heavy atom. The first-order chi connectivity index (χ1) is 13.1. The molecule has 0 heterocycles. The van der Waals surface area contributed by atoms with Crippen molar-refractivity contribution in [2.45, 2.75) is 71.1 Å². The minimum Gasteiger partial charge on any atom is -0.490 e.